The fourth-order valence-electron chi connectivity index (χ4n) is 2.84. The Balaban J connectivity index is 3.14. The highest BCUT2D eigenvalue weighted by Gasteiger charge is 2.05. The average Bonchev–Trinajstić information content (AvgIpc) is 2.57. The molecule has 0 saturated heterocycles. The van der Waals surface area contributed by atoms with E-state index in [9.17, 15) is 4.79 Å². The van der Waals surface area contributed by atoms with Crippen LogP contribution >= 0.6 is 23.2 Å². The number of halogens is 2. The van der Waals surface area contributed by atoms with Gasteiger partial charge in [0.15, 0.2) is 0 Å². The second-order valence-corrected chi connectivity index (χ2v) is 10.1. The lowest BCUT2D eigenvalue weighted by Gasteiger charge is -2.11. The van der Waals surface area contributed by atoms with Crippen LogP contribution < -0.4 is 0 Å². The minimum Gasteiger partial charge on any atom is -0.460 e. The van der Waals surface area contributed by atoms with E-state index in [1.807, 2.05) is 6.92 Å². The number of alkyl halides is 2. The van der Waals surface area contributed by atoms with E-state index in [1.165, 1.54) is 82.7 Å². The highest BCUT2D eigenvalue weighted by Crippen LogP contribution is 2.14. The molecule has 0 fully saturated rings. The Hall–Kier alpha value is 0.00688. The van der Waals surface area contributed by atoms with E-state index in [-0.39, 0.29) is 16.5 Å². The molecule has 5 heteroatoms. The Morgan fingerprint density at radius 2 is 1.36 bits per heavy atom. The average molecular weight is 407 g/mol. The molecule has 0 bridgehead atoms. The first kappa shape index (κ1) is 25.0. The highest BCUT2D eigenvalue weighted by atomic mass is 35.5. The minimum atomic E-state index is -0.313. The van der Waals surface area contributed by atoms with Crippen LogP contribution in [0.25, 0.3) is 0 Å². The molecule has 0 aromatic heterocycles. The predicted octanol–water partition coefficient (Wildman–Crippen LogP) is 7.06. The fraction of sp³-hybridized carbons (Fsp3) is 0.850. The molecule has 1 unspecified atom stereocenters. The van der Waals surface area contributed by atoms with Gasteiger partial charge in [-0.15, -0.1) is 23.2 Å². The first-order valence-corrected chi connectivity index (χ1v) is 12.1. The third-order valence-corrected chi connectivity index (χ3v) is 6.20. The largest absolute Gasteiger partial charge is 0.460 e. The van der Waals surface area contributed by atoms with Crippen LogP contribution in [0.4, 0.5) is 0 Å². The Labute approximate surface area is 167 Å². The normalized spacial score (nSPS) is 12.3. The van der Waals surface area contributed by atoms with Gasteiger partial charge in [-0.25, -0.2) is 4.79 Å². The van der Waals surface area contributed by atoms with Gasteiger partial charge in [0.2, 0.25) is 0 Å². The summed E-state index contributed by atoms with van der Waals surface area (Å²) < 4.78 is 5.00. The number of hydrogen-bond donors (Lipinski definition) is 0. The van der Waals surface area contributed by atoms with E-state index >= 15 is 0 Å². The van der Waals surface area contributed by atoms with Crippen molar-refractivity contribution in [2.24, 2.45) is 0 Å². The molecule has 0 saturated carbocycles. The van der Waals surface area contributed by atoms with Crippen LogP contribution in [0.1, 0.15) is 90.4 Å². The third-order valence-electron chi connectivity index (χ3n) is 4.32. The molecule has 0 N–H and O–H groups in total. The van der Waals surface area contributed by atoms with Crippen LogP contribution in [-0.2, 0) is 9.53 Å². The summed E-state index contributed by atoms with van der Waals surface area (Å²) in [4.78, 5) is 11.0. The molecular formula is C20H36Cl2O2Si. The molecule has 0 rings (SSSR count). The summed E-state index contributed by atoms with van der Waals surface area (Å²) >= 11 is 11.4. The van der Waals surface area contributed by atoms with Crippen LogP contribution in [0.3, 0.4) is 0 Å². The summed E-state index contributed by atoms with van der Waals surface area (Å²) in [6.07, 6.45) is 18.0. The van der Waals surface area contributed by atoms with Crippen LogP contribution in [0.5, 0.6) is 0 Å². The molecule has 2 nitrogen and oxygen atoms in total. The molecule has 1 atom stereocenters. The van der Waals surface area contributed by atoms with Crippen LogP contribution in [0, 0.1) is 0 Å². The van der Waals surface area contributed by atoms with Crippen molar-refractivity contribution in [1.82, 2.24) is 0 Å². The van der Waals surface area contributed by atoms with Crippen LogP contribution in [-0.4, -0.2) is 26.1 Å². The van der Waals surface area contributed by atoms with Crippen LogP contribution in [0.15, 0.2) is 12.7 Å². The Morgan fingerprint density at radius 3 is 1.80 bits per heavy atom. The van der Waals surface area contributed by atoms with Crippen molar-refractivity contribution in [3.63, 3.8) is 0 Å². The van der Waals surface area contributed by atoms with Gasteiger partial charge in [0.25, 0.3) is 0 Å². The van der Waals surface area contributed by atoms with E-state index in [2.05, 4.69) is 6.58 Å². The number of rotatable bonds is 18. The zero-order valence-corrected chi connectivity index (χ0v) is 18.4. The maximum absolute atomic E-state index is 11.0. The summed E-state index contributed by atoms with van der Waals surface area (Å²) in [5.41, 5.74) is 0. The maximum Gasteiger partial charge on any atom is 0.330 e. The summed E-state index contributed by atoms with van der Waals surface area (Å²) in [5, 5.41) is 0. The van der Waals surface area contributed by atoms with Crippen molar-refractivity contribution in [2.45, 2.75) is 107 Å². The smallest absolute Gasteiger partial charge is 0.330 e. The third kappa shape index (κ3) is 20.2. The lowest BCUT2D eigenvalue weighted by molar-refractivity contribution is -0.142. The first-order chi connectivity index (χ1) is 12.1. The molecule has 0 spiro atoms. The zero-order valence-electron chi connectivity index (χ0n) is 15.9. The number of ether oxygens (including phenoxy) is 1. The quantitative estimate of drug-likeness (QED) is 0.0799. The van der Waals surface area contributed by atoms with Gasteiger partial charge in [-0.1, -0.05) is 83.3 Å². The number of hydrogen-bond acceptors (Lipinski definition) is 2. The number of unbranched alkanes of at least 4 members (excludes halogenated alkanes) is 11. The van der Waals surface area contributed by atoms with Gasteiger partial charge in [-0.3, -0.25) is 0 Å². The summed E-state index contributed by atoms with van der Waals surface area (Å²) in [7, 11) is 0.702. The van der Waals surface area contributed by atoms with Gasteiger partial charge >= 0.3 is 5.97 Å². The molecule has 2 radical (unpaired) electrons. The lowest BCUT2D eigenvalue weighted by atomic mass is 10.0. The van der Waals surface area contributed by atoms with E-state index in [1.54, 1.807) is 0 Å². The molecule has 0 amide bonds. The molecule has 0 aromatic carbocycles. The molecule has 25 heavy (non-hydrogen) atoms. The maximum atomic E-state index is 11.0. The predicted molar refractivity (Wildman–Crippen MR) is 112 cm³/mol. The fourth-order valence-corrected chi connectivity index (χ4v) is 4.17. The second kappa shape index (κ2) is 18.8. The number of carbonyl (C=O) groups excluding carboxylic acids is 1. The van der Waals surface area contributed by atoms with Gasteiger partial charge in [-0.2, -0.15) is 0 Å². The van der Waals surface area contributed by atoms with Crippen molar-refractivity contribution in [3.05, 3.63) is 12.7 Å². The molecule has 0 aromatic rings. The Kier molecular flexibility index (Phi) is 18.8. The first-order valence-electron chi connectivity index (χ1n) is 9.91. The lowest BCUT2D eigenvalue weighted by Crippen LogP contribution is -2.12. The van der Waals surface area contributed by atoms with Crippen molar-refractivity contribution in [1.29, 1.82) is 0 Å². The molecule has 0 aliphatic carbocycles. The van der Waals surface area contributed by atoms with E-state index < -0.39 is 0 Å². The van der Waals surface area contributed by atoms with Crippen molar-refractivity contribution < 1.29 is 9.53 Å². The van der Waals surface area contributed by atoms with Crippen molar-refractivity contribution in [2.75, 3.05) is 0 Å². The zero-order chi connectivity index (χ0) is 18.8. The molecule has 0 heterocycles. The number of esters is 1. The van der Waals surface area contributed by atoms with E-state index in [4.69, 9.17) is 27.9 Å². The Morgan fingerprint density at radius 1 is 0.920 bits per heavy atom. The second-order valence-electron chi connectivity index (χ2n) is 6.74. The van der Waals surface area contributed by atoms with Crippen molar-refractivity contribution in [3.8, 4) is 0 Å². The van der Waals surface area contributed by atoms with Gasteiger partial charge < -0.3 is 4.74 Å². The molecule has 0 aliphatic heterocycles. The topological polar surface area (TPSA) is 26.3 Å². The van der Waals surface area contributed by atoms with Crippen LogP contribution in [0.2, 0.25) is 6.04 Å². The van der Waals surface area contributed by atoms with E-state index in [0.29, 0.717) is 9.52 Å². The van der Waals surface area contributed by atoms with Gasteiger partial charge in [0, 0.05) is 6.08 Å². The standard InChI is InChI=1S/C20H36Cl2O2Si/c1-3-19(23)24-18(2)16-14-12-10-8-6-4-5-7-9-11-13-15-17-25-20(21)22/h3,18,20H,1,4-17H2,2H3. The Bertz CT molecular complexity index is 325. The monoisotopic (exact) mass is 406 g/mol. The van der Waals surface area contributed by atoms with Gasteiger partial charge in [0.05, 0.1) is 20.1 Å². The SMILES string of the molecule is C=CC(=O)OC(C)CCCCCCCCCCCCCC[Si]C(Cl)Cl. The molecule has 0 aliphatic rings. The van der Waals surface area contributed by atoms with Gasteiger partial charge in [0.1, 0.15) is 0 Å². The van der Waals surface area contributed by atoms with Gasteiger partial charge in [-0.05, 0) is 19.8 Å². The molecule has 146 valence electrons. The summed E-state index contributed by atoms with van der Waals surface area (Å²) in [6.45, 7) is 5.36. The summed E-state index contributed by atoms with van der Waals surface area (Å²) in [6, 6.07) is 1.19. The summed E-state index contributed by atoms with van der Waals surface area (Å²) in [5.74, 6) is -0.313. The van der Waals surface area contributed by atoms with Crippen molar-refractivity contribution >= 4 is 38.7 Å². The number of carbonyl (C=O) groups is 1. The minimum absolute atomic E-state index is 0.0114. The highest BCUT2D eigenvalue weighted by molar-refractivity contribution is 6.68. The van der Waals surface area contributed by atoms with E-state index in [0.717, 1.165) is 12.8 Å². The molecular weight excluding hydrogens is 371 g/mol.